The van der Waals surface area contributed by atoms with Gasteiger partial charge in [-0.05, 0) is 13.0 Å². The second-order valence-electron chi connectivity index (χ2n) is 2.88. The van der Waals surface area contributed by atoms with E-state index in [0.29, 0.717) is 0 Å². The van der Waals surface area contributed by atoms with Gasteiger partial charge in [0.25, 0.3) is 0 Å². The van der Waals surface area contributed by atoms with E-state index in [1.807, 2.05) is 0 Å². The molecule has 0 aliphatic carbocycles. The van der Waals surface area contributed by atoms with E-state index in [4.69, 9.17) is 11.5 Å². The van der Waals surface area contributed by atoms with Crippen molar-refractivity contribution in [2.75, 3.05) is 5.73 Å². The number of nitrogen functional groups attached to an aromatic ring is 1. The highest BCUT2D eigenvalue weighted by Gasteiger charge is 2.33. The Morgan fingerprint density at radius 1 is 1.47 bits per heavy atom. The Bertz CT molecular complexity index is 365. The van der Waals surface area contributed by atoms with E-state index < -0.39 is 12.2 Å². The van der Waals surface area contributed by atoms with Gasteiger partial charge in [-0.2, -0.15) is 0 Å². The number of hydrogen-bond donors (Lipinski definition) is 2. The van der Waals surface area contributed by atoms with Crippen LogP contribution in [0.3, 0.4) is 0 Å². The molecule has 0 aliphatic heterocycles. The molecule has 0 saturated carbocycles. The van der Waals surface area contributed by atoms with Gasteiger partial charge in [0.1, 0.15) is 0 Å². The van der Waals surface area contributed by atoms with Crippen molar-refractivity contribution in [1.29, 1.82) is 0 Å². The van der Waals surface area contributed by atoms with Gasteiger partial charge in [-0.1, -0.05) is 0 Å². The summed E-state index contributed by atoms with van der Waals surface area (Å²) in [5.41, 5.74) is 11.4. The van der Waals surface area contributed by atoms with Crippen molar-refractivity contribution >= 4 is 5.69 Å². The molecule has 7 heteroatoms. The number of alkyl halides is 3. The molecule has 0 aromatic carbocycles. The zero-order valence-corrected chi connectivity index (χ0v) is 7.93. The number of pyridine rings is 1. The van der Waals surface area contributed by atoms with Gasteiger partial charge in [-0.15, -0.1) is 13.2 Å². The summed E-state index contributed by atoms with van der Waals surface area (Å²) in [5, 5.41) is 0. The van der Waals surface area contributed by atoms with Crippen LogP contribution in [0.25, 0.3) is 0 Å². The minimum atomic E-state index is -4.78. The lowest BCUT2D eigenvalue weighted by Crippen LogP contribution is -2.20. The molecule has 0 aliphatic rings. The highest BCUT2D eigenvalue weighted by atomic mass is 19.4. The summed E-state index contributed by atoms with van der Waals surface area (Å²) in [6.45, 7) is 1.36. The maximum atomic E-state index is 12.0. The minimum Gasteiger partial charge on any atom is -0.397 e. The van der Waals surface area contributed by atoms with Gasteiger partial charge in [0.15, 0.2) is 0 Å². The zero-order chi connectivity index (χ0) is 11.6. The largest absolute Gasteiger partial charge is 0.574 e. The maximum Gasteiger partial charge on any atom is 0.574 e. The number of anilines is 1. The van der Waals surface area contributed by atoms with Crippen molar-refractivity contribution in [3.63, 3.8) is 0 Å². The molecule has 1 aromatic heterocycles. The Kier molecular flexibility index (Phi) is 3.04. The number of hydrogen-bond acceptors (Lipinski definition) is 4. The van der Waals surface area contributed by atoms with E-state index in [1.54, 1.807) is 0 Å². The Balaban J connectivity index is 3.11. The molecule has 1 heterocycles. The zero-order valence-electron chi connectivity index (χ0n) is 7.93. The molecule has 0 fully saturated rings. The fourth-order valence-electron chi connectivity index (χ4n) is 0.987. The lowest BCUT2D eigenvalue weighted by atomic mass is 10.2. The summed E-state index contributed by atoms with van der Waals surface area (Å²) >= 11 is 0. The number of nitrogens with zero attached hydrogens (tertiary/aromatic N) is 1. The third-order valence-corrected chi connectivity index (χ3v) is 1.72. The Labute approximate surface area is 84.0 Å². The molecule has 4 N–H and O–H groups in total. The van der Waals surface area contributed by atoms with Gasteiger partial charge < -0.3 is 16.2 Å². The first-order valence-electron chi connectivity index (χ1n) is 4.05. The van der Waals surface area contributed by atoms with Crippen LogP contribution in [-0.2, 0) is 6.54 Å². The molecule has 0 bridgehead atoms. The van der Waals surface area contributed by atoms with E-state index >= 15 is 0 Å². The fraction of sp³-hybridized carbons (Fsp3) is 0.375. The van der Waals surface area contributed by atoms with Gasteiger partial charge in [-0.25, -0.2) is 4.98 Å². The van der Waals surface area contributed by atoms with E-state index in [-0.39, 0.29) is 23.5 Å². The van der Waals surface area contributed by atoms with Gasteiger partial charge in [0, 0.05) is 12.1 Å². The summed E-state index contributed by atoms with van der Waals surface area (Å²) in [6.07, 6.45) is -4.78. The molecular formula is C8H10F3N3O. The van der Waals surface area contributed by atoms with E-state index in [2.05, 4.69) is 9.72 Å². The van der Waals surface area contributed by atoms with Gasteiger partial charge in [-0.3, -0.25) is 0 Å². The van der Waals surface area contributed by atoms with E-state index in [1.165, 1.54) is 13.0 Å². The third kappa shape index (κ3) is 2.98. The van der Waals surface area contributed by atoms with Crippen LogP contribution in [-0.4, -0.2) is 11.3 Å². The molecular weight excluding hydrogens is 211 g/mol. The molecule has 1 aromatic rings. The van der Waals surface area contributed by atoms with Crippen LogP contribution in [0.5, 0.6) is 5.88 Å². The van der Waals surface area contributed by atoms with Crippen molar-refractivity contribution < 1.29 is 17.9 Å². The monoisotopic (exact) mass is 221 g/mol. The summed E-state index contributed by atoms with van der Waals surface area (Å²) < 4.78 is 39.6. The molecule has 0 spiro atoms. The number of ether oxygens (including phenoxy) is 1. The first-order valence-corrected chi connectivity index (χ1v) is 4.05. The predicted molar refractivity (Wildman–Crippen MR) is 48.0 cm³/mol. The molecule has 15 heavy (non-hydrogen) atoms. The summed E-state index contributed by atoms with van der Waals surface area (Å²) in [4.78, 5) is 3.58. The maximum absolute atomic E-state index is 12.0. The van der Waals surface area contributed by atoms with Crippen molar-refractivity contribution in [2.24, 2.45) is 5.73 Å². The number of aromatic nitrogens is 1. The molecule has 0 radical (unpaired) electrons. The van der Waals surface area contributed by atoms with E-state index in [0.717, 1.165) is 0 Å². The topological polar surface area (TPSA) is 74.2 Å². The number of nitrogens with two attached hydrogens (primary N) is 2. The van der Waals surface area contributed by atoms with Gasteiger partial charge in [0.05, 0.1) is 11.4 Å². The Morgan fingerprint density at radius 3 is 2.53 bits per heavy atom. The van der Waals surface area contributed by atoms with Crippen LogP contribution in [0.15, 0.2) is 6.07 Å². The van der Waals surface area contributed by atoms with Crippen molar-refractivity contribution in [3.8, 4) is 5.88 Å². The average Bonchev–Trinajstić information content (AvgIpc) is 2.08. The first kappa shape index (κ1) is 11.6. The Morgan fingerprint density at radius 2 is 2.07 bits per heavy atom. The molecule has 0 atom stereocenters. The molecule has 0 saturated heterocycles. The minimum absolute atomic E-state index is 0.121. The molecule has 1 rings (SSSR count). The van der Waals surface area contributed by atoms with Crippen LogP contribution in [0, 0.1) is 6.92 Å². The van der Waals surface area contributed by atoms with Crippen LogP contribution < -0.4 is 16.2 Å². The number of aryl methyl sites for hydroxylation is 1. The van der Waals surface area contributed by atoms with Crippen molar-refractivity contribution in [3.05, 3.63) is 17.3 Å². The Hall–Kier alpha value is -1.50. The van der Waals surface area contributed by atoms with Crippen LogP contribution in [0.2, 0.25) is 0 Å². The van der Waals surface area contributed by atoms with Crippen LogP contribution in [0.4, 0.5) is 18.9 Å². The molecule has 4 nitrogen and oxygen atoms in total. The second kappa shape index (κ2) is 3.93. The molecule has 0 unspecified atom stereocenters. The van der Waals surface area contributed by atoms with Crippen molar-refractivity contribution in [2.45, 2.75) is 19.8 Å². The summed E-state index contributed by atoms with van der Waals surface area (Å²) in [6, 6.07) is 1.32. The summed E-state index contributed by atoms with van der Waals surface area (Å²) in [7, 11) is 0. The lowest BCUT2D eigenvalue weighted by molar-refractivity contribution is -0.276. The summed E-state index contributed by atoms with van der Waals surface area (Å²) in [5.74, 6) is -0.545. The number of rotatable bonds is 2. The standard InChI is InChI=1S/C8H10F3N3O/c1-4-6(13)2-5(3-12)7(14-4)15-8(9,10)11/h2H,3,12-13H2,1H3. The van der Waals surface area contributed by atoms with Gasteiger partial charge in [0.2, 0.25) is 5.88 Å². The molecule has 0 amide bonds. The number of halogens is 3. The quantitative estimate of drug-likeness (QED) is 0.790. The van der Waals surface area contributed by atoms with Crippen LogP contribution >= 0.6 is 0 Å². The predicted octanol–water partition coefficient (Wildman–Crippen LogP) is 1.33. The third-order valence-electron chi connectivity index (χ3n) is 1.72. The second-order valence-corrected chi connectivity index (χ2v) is 2.88. The van der Waals surface area contributed by atoms with Crippen LogP contribution in [0.1, 0.15) is 11.3 Å². The van der Waals surface area contributed by atoms with Crippen molar-refractivity contribution in [1.82, 2.24) is 4.98 Å². The first-order chi connectivity index (χ1) is 6.83. The smallest absolute Gasteiger partial charge is 0.397 e. The highest BCUT2D eigenvalue weighted by molar-refractivity contribution is 5.48. The van der Waals surface area contributed by atoms with E-state index in [9.17, 15) is 13.2 Å². The average molecular weight is 221 g/mol. The van der Waals surface area contributed by atoms with Gasteiger partial charge >= 0.3 is 6.36 Å². The normalized spacial score (nSPS) is 11.5. The lowest BCUT2D eigenvalue weighted by Gasteiger charge is -2.12. The SMILES string of the molecule is Cc1nc(OC(F)(F)F)c(CN)cc1N. The molecule has 84 valence electrons. The highest BCUT2D eigenvalue weighted by Crippen LogP contribution is 2.26. The fourth-order valence-corrected chi connectivity index (χ4v) is 0.987.